The number of carbonyl (C=O) groups excluding carboxylic acids is 2. The lowest BCUT2D eigenvalue weighted by atomic mass is 10.2. The van der Waals surface area contributed by atoms with Crippen LogP contribution in [-0.4, -0.2) is 72.2 Å². The van der Waals surface area contributed by atoms with Gasteiger partial charge in [-0.05, 0) is 54.6 Å². The zero-order valence-electron chi connectivity index (χ0n) is 16.8. The Bertz CT molecular complexity index is 359. The number of likely N-dealkylation sites (N-methyl/N-ethyl adjacent to an activating group) is 2. The van der Waals surface area contributed by atoms with Crippen molar-refractivity contribution >= 4 is 11.9 Å². The van der Waals surface area contributed by atoms with E-state index in [-0.39, 0.29) is 25.0 Å². The molecule has 0 aliphatic heterocycles. The molecule has 0 saturated carbocycles. The minimum absolute atomic E-state index is 0.223. The van der Waals surface area contributed by atoms with Crippen LogP contribution in [-0.2, 0) is 19.1 Å². The molecule has 0 amide bonds. The highest BCUT2D eigenvalue weighted by molar-refractivity contribution is 5.72. The van der Waals surface area contributed by atoms with Crippen molar-refractivity contribution in [2.24, 2.45) is 0 Å². The van der Waals surface area contributed by atoms with Gasteiger partial charge in [-0.3, -0.25) is 19.4 Å². The van der Waals surface area contributed by atoms with Gasteiger partial charge >= 0.3 is 11.9 Å². The zero-order chi connectivity index (χ0) is 19.0. The SMILES string of the molecule is CCN(CCN(CC)CC(=O)OC(C)(C)C)CC(=O)OC(C)(C)C. The molecule has 0 bridgehead atoms. The molecule has 6 heteroatoms. The van der Waals surface area contributed by atoms with E-state index in [4.69, 9.17) is 9.47 Å². The topological polar surface area (TPSA) is 59.1 Å². The van der Waals surface area contributed by atoms with E-state index in [2.05, 4.69) is 0 Å². The van der Waals surface area contributed by atoms with Crippen molar-refractivity contribution in [2.45, 2.75) is 66.6 Å². The number of hydrogen-bond donors (Lipinski definition) is 0. The molecular formula is C18H36N2O4. The first-order chi connectivity index (χ1) is 10.9. The average Bonchev–Trinajstić information content (AvgIpc) is 2.37. The van der Waals surface area contributed by atoms with Crippen molar-refractivity contribution in [2.75, 3.05) is 39.3 Å². The van der Waals surface area contributed by atoms with E-state index in [1.165, 1.54) is 0 Å². The molecule has 24 heavy (non-hydrogen) atoms. The van der Waals surface area contributed by atoms with Crippen molar-refractivity contribution < 1.29 is 19.1 Å². The molecule has 0 spiro atoms. The highest BCUT2D eigenvalue weighted by atomic mass is 16.6. The van der Waals surface area contributed by atoms with Gasteiger partial charge in [-0.1, -0.05) is 13.8 Å². The maximum Gasteiger partial charge on any atom is 0.320 e. The van der Waals surface area contributed by atoms with Gasteiger partial charge in [0.05, 0.1) is 13.1 Å². The average molecular weight is 344 g/mol. The van der Waals surface area contributed by atoms with Crippen molar-refractivity contribution in [3.63, 3.8) is 0 Å². The van der Waals surface area contributed by atoms with Crippen LogP contribution in [0.2, 0.25) is 0 Å². The van der Waals surface area contributed by atoms with Gasteiger partial charge in [0, 0.05) is 13.1 Å². The summed E-state index contributed by atoms with van der Waals surface area (Å²) >= 11 is 0. The summed E-state index contributed by atoms with van der Waals surface area (Å²) in [6, 6.07) is 0. The van der Waals surface area contributed by atoms with E-state index in [1.54, 1.807) is 0 Å². The van der Waals surface area contributed by atoms with Gasteiger partial charge in [-0.25, -0.2) is 0 Å². The van der Waals surface area contributed by atoms with E-state index < -0.39 is 11.2 Å². The molecule has 0 fully saturated rings. The summed E-state index contributed by atoms with van der Waals surface area (Å²) in [6.45, 7) is 18.6. The Balaban J connectivity index is 4.37. The Morgan fingerprint density at radius 1 is 0.708 bits per heavy atom. The van der Waals surface area contributed by atoms with Gasteiger partial charge in [-0.2, -0.15) is 0 Å². The number of ether oxygens (including phenoxy) is 2. The highest BCUT2D eigenvalue weighted by Gasteiger charge is 2.20. The van der Waals surface area contributed by atoms with Gasteiger partial charge in [0.2, 0.25) is 0 Å². The molecule has 0 aromatic rings. The van der Waals surface area contributed by atoms with Crippen LogP contribution in [0.3, 0.4) is 0 Å². The van der Waals surface area contributed by atoms with Gasteiger partial charge in [0.25, 0.3) is 0 Å². The van der Waals surface area contributed by atoms with Gasteiger partial charge in [-0.15, -0.1) is 0 Å². The number of rotatable bonds is 9. The lowest BCUT2D eigenvalue weighted by molar-refractivity contribution is -0.158. The van der Waals surface area contributed by atoms with Crippen LogP contribution in [0.25, 0.3) is 0 Å². The minimum atomic E-state index is -0.470. The fourth-order valence-electron chi connectivity index (χ4n) is 2.09. The molecule has 0 rings (SSSR count). The fraction of sp³-hybridized carbons (Fsp3) is 0.889. The summed E-state index contributed by atoms with van der Waals surface area (Å²) in [5, 5.41) is 0. The lowest BCUT2D eigenvalue weighted by Crippen LogP contribution is -2.42. The highest BCUT2D eigenvalue weighted by Crippen LogP contribution is 2.08. The molecule has 0 atom stereocenters. The minimum Gasteiger partial charge on any atom is -0.459 e. The van der Waals surface area contributed by atoms with E-state index in [0.29, 0.717) is 13.1 Å². The third-order valence-corrected chi connectivity index (χ3v) is 3.17. The molecule has 0 aromatic carbocycles. The first-order valence-electron chi connectivity index (χ1n) is 8.74. The van der Waals surface area contributed by atoms with Crippen LogP contribution in [0.1, 0.15) is 55.4 Å². The van der Waals surface area contributed by atoms with Crippen molar-refractivity contribution in [1.82, 2.24) is 9.80 Å². The molecule has 0 radical (unpaired) electrons. The van der Waals surface area contributed by atoms with Gasteiger partial charge in [0.15, 0.2) is 0 Å². The second-order valence-corrected chi connectivity index (χ2v) is 7.91. The third kappa shape index (κ3) is 12.3. The number of nitrogens with zero attached hydrogens (tertiary/aromatic N) is 2. The second kappa shape index (κ2) is 9.99. The van der Waals surface area contributed by atoms with E-state index in [0.717, 1.165) is 13.1 Å². The number of esters is 2. The largest absolute Gasteiger partial charge is 0.459 e. The molecule has 0 heterocycles. The Hall–Kier alpha value is -1.14. The number of hydrogen-bond acceptors (Lipinski definition) is 6. The van der Waals surface area contributed by atoms with Crippen molar-refractivity contribution in [3.8, 4) is 0 Å². The maximum absolute atomic E-state index is 11.9. The first kappa shape index (κ1) is 22.9. The Morgan fingerprint density at radius 2 is 1.00 bits per heavy atom. The van der Waals surface area contributed by atoms with Crippen molar-refractivity contribution in [1.29, 1.82) is 0 Å². The number of carbonyl (C=O) groups is 2. The molecule has 142 valence electrons. The summed E-state index contributed by atoms with van der Waals surface area (Å²) in [5.41, 5.74) is -0.939. The van der Waals surface area contributed by atoms with Crippen LogP contribution >= 0.6 is 0 Å². The lowest BCUT2D eigenvalue weighted by Gasteiger charge is -2.27. The summed E-state index contributed by atoms with van der Waals surface area (Å²) in [5.74, 6) is -0.445. The van der Waals surface area contributed by atoms with E-state index in [1.807, 2.05) is 65.2 Å². The monoisotopic (exact) mass is 344 g/mol. The second-order valence-electron chi connectivity index (χ2n) is 7.91. The molecule has 0 saturated heterocycles. The Morgan fingerprint density at radius 3 is 1.21 bits per heavy atom. The fourth-order valence-corrected chi connectivity index (χ4v) is 2.09. The third-order valence-electron chi connectivity index (χ3n) is 3.17. The molecule has 0 aliphatic carbocycles. The van der Waals surface area contributed by atoms with Crippen LogP contribution in [0.15, 0.2) is 0 Å². The zero-order valence-corrected chi connectivity index (χ0v) is 16.8. The maximum atomic E-state index is 11.9. The normalized spacial score (nSPS) is 12.6. The molecular weight excluding hydrogens is 308 g/mol. The smallest absolute Gasteiger partial charge is 0.320 e. The van der Waals surface area contributed by atoms with Crippen LogP contribution in [0, 0.1) is 0 Å². The van der Waals surface area contributed by atoms with E-state index >= 15 is 0 Å². The van der Waals surface area contributed by atoms with Crippen LogP contribution in [0.4, 0.5) is 0 Å². The molecule has 0 N–H and O–H groups in total. The molecule has 0 unspecified atom stereocenters. The van der Waals surface area contributed by atoms with E-state index in [9.17, 15) is 9.59 Å². The summed E-state index contributed by atoms with van der Waals surface area (Å²) in [7, 11) is 0. The van der Waals surface area contributed by atoms with Gasteiger partial charge < -0.3 is 9.47 Å². The molecule has 0 aliphatic rings. The van der Waals surface area contributed by atoms with Crippen LogP contribution < -0.4 is 0 Å². The molecule has 0 aromatic heterocycles. The Labute approximate surface area is 147 Å². The first-order valence-corrected chi connectivity index (χ1v) is 8.74. The van der Waals surface area contributed by atoms with Crippen LogP contribution in [0.5, 0.6) is 0 Å². The predicted molar refractivity (Wildman–Crippen MR) is 95.9 cm³/mol. The Kier molecular flexibility index (Phi) is 9.51. The summed E-state index contributed by atoms with van der Waals surface area (Å²) in [4.78, 5) is 27.9. The quantitative estimate of drug-likeness (QED) is 0.598. The van der Waals surface area contributed by atoms with Gasteiger partial charge in [0.1, 0.15) is 11.2 Å². The predicted octanol–water partition coefficient (Wildman–Crippen LogP) is 2.31. The standard InChI is InChI=1S/C18H36N2O4/c1-9-19(13-15(21)23-17(3,4)5)11-12-20(10-2)14-16(22)24-18(6,7)8/h9-14H2,1-8H3. The summed E-state index contributed by atoms with van der Waals surface area (Å²) in [6.07, 6.45) is 0. The van der Waals surface area contributed by atoms with Crippen molar-refractivity contribution in [3.05, 3.63) is 0 Å². The molecule has 6 nitrogen and oxygen atoms in total. The summed E-state index contributed by atoms with van der Waals surface area (Å²) < 4.78 is 10.7.